The summed E-state index contributed by atoms with van der Waals surface area (Å²) in [4.78, 5) is 24.6. The largest absolute Gasteiger partial charge is 0.455 e. The summed E-state index contributed by atoms with van der Waals surface area (Å²) in [6.07, 6.45) is -1.44. The Hall–Kier alpha value is -3.25. The number of carbonyl (C=O) groups excluding carboxylic acids is 2. The van der Waals surface area contributed by atoms with E-state index in [-0.39, 0.29) is 11.6 Å². The van der Waals surface area contributed by atoms with E-state index in [2.05, 4.69) is 0 Å². The Morgan fingerprint density at radius 2 is 1.72 bits per heavy atom. The van der Waals surface area contributed by atoms with E-state index in [0.29, 0.717) is 17.7 Å². The highest BCUT2D eigenvalue weighted by Crippen LogP contribution is 2.19. The summed E-state index contributed by atoms with van der Waals surface area (Å²) in [5.41, 5.74) is 3.36. The molecule has 5 nitrogen and oxygen atoms in total. The first-order valence-corrected chi connectivity index (χ1v) is 9.21. The number of aliphatic hydroxyl groups is 1. The normalized spacial score (nSPS) is 11.9. The third-order valence-corrected chi connectivity index (χ3v) is 4.81. The molecule has 0 fully saturated rings. The number of aliphatic hydroxyl groups excluding tert-OH is 1. The van der Waals surface area contributed by atoms with Crippen LogP contribution in [0.1, 0.15) is 39.0 Å². The number of esters is 1. The third-order valence-electron chi connectivity index (χ3n) is 4.81. The van der Waals surface area contributed by atoms with Crippen LogP contribution < -0.4 is 0 Å². The first-order valence-electron chi connectivity index (χ1n) is 9.21. The van der Waals surface area contributed by atoms with E-state index in [1.165, 1.54) is 12.1 Å². The number of carbonyl (C=O) groups is 2. The lowest BCUT2D eigenvalue weighted by molar-refractivity contribution is -0.152. The zero-order chi connectivity index (χ0) is 21.0. The minimum Gasteiger partial charge on any atom is -0.455 e. The summed E-state index contributed by atoms with van der Waals surface area (Å²) in [7, 11) is 0. The molecule has 0 aliphatic carbocycles. The van der Waals surface area contributed by atoms with Gasteiger partial charge in [-0.3, -0.25) is 4.79 Å². The van der Waals surface area contributed by atoms with Gasteiger partial charge in [0.1, 0.15) is 5.82 Å². The molecule has 0 unspecified atom stereocenters. The zero-order valence-corrected chi connectivity index (χ0v) is 16.3. The van der Waals surface area contributed by atoms with Crippen molar-refractivity contribution in [1.29, 1.82) is 0 Å². The van der Waals surface area contributed by atoms with Crippen LogP contribution in [0.5, 0.6) is 0 Å². The van der Waals surface area contributed by atoms with Gasteiger partial charge in [0.2, 0.25) is 5.78 Å². The molecule has 0 aliphatic heterocycles. The van der Waals surface area contributed by atoms with Crippen molar-refractivity contribution in [1.82, 2.24) is 4.57 Å². The standard InChI is InChI=1S/C23H22FNO4/c1-15-12-20(16(2)25(15)13-17-8-10-19(24)11-9-17)21(26)14-29-23(28)22(27)18-6-4-3-5-7-18/h3-12,22,27H,13-14H2,1-2H3/t22-/m1/s1. The molecule has 0 saturated heterocycles. The van der Waals surface area contributed by atoms with Gasteiger partial charge in [-0.25, -0.2) is 9.18 Å². The van der Waals surface area contributed by atoms with E-state index in [1.807, 2.05) is 18.4 Å². The predicted molar refractivity (Wildman–Crippen MR) is 106 cm³/mol. The van der Waals surface area contributed by atoms with Crippen LogP contribution in [-0.4, -0.2) is 28.0 Å². The quantitative estimate of drug-likeness (QED) is 0.489. The van der Waals surface area contributed by atoms with Crippen molar-refractivity contribution in [2.24, 2.45) is 0 Å². The maximum absolute atomic E-state index is 13.1. The molecule has 150 valence electrons. The zero-order valence-electron chi connectivity index (χ0n) is 16.3. The number of aryl methyl sites for hydroxylation is 1. The minimum absolute atomic E-state index is 0.301. The van der Waals surface area contributed by atoms with Gasteiger partial charge in [0.25, 0.3) is 0 Å². The maximum Gasteiger partial charge on any atom is 0.340 e. The molecule has 1 aromatic heterocycles. The van der Waals surface area contributed by atoms with Crippen molar-refractivity contribution < 1.29 is 23.8 Å². The van der Waals surface area contributed by atoms with E-state index < -0.39 is 18.7 Å². The van der Waals surface area contributed by atoms with E-state index in [4.69, 9.17) is 4.74 Å². The Labute approximate surface area is 168 Å². The van der Waals surface area contributed by atoms with Crippen LogP contribution in [0.3, 0.4) is 0 Å². The van der Waals surface area contributed by atoms with Gasteiger partial charge in [-0.1, -0.05) is 42.5 Å². The second kappa shape index (κ2) is 8.84. The van der Waals surface area contributed by atoms with Crippen molar-refractivity contribution in [2.45, 2.75) is 26.5 Å². The van der Waals surface area contributed by atoms with Crippen molar-refractivity contribution in [3.63, 3.8) is 0 Å². The number of hydrogen-bond donors (Lipinski definition) is 1. The number of rotatable bonds is 7. The molecule has 0 radical (unpaired) electrons. The smallest absolute Gasteiger partial charge is 0.340 e. The summed E-state index contributed by atoms with van der Waals surface area (Å²) in [6, 6.07) is 16.3. The van der Waals surface area contributed by atoms with Crippen molar-refractivity contribution >= 4 is 11.8 Å². The van der Waals surface area contributed by atoms with E-state index in [9.17, 15) is 19.1 Å². The fraction of sp³-hybridized carbons (Fsp3) is 0.217. The fourth-order valence-electron chi connectivity index (χ4n) is 3.16. The fourth-order valence-corrected chi connectivity index (χ4v) is 3.16. The first-order chi connectivity index (χ1) is 13.9. The topological polar surface area (TPSA) is 68.5 Å². The van der Waals surface area contributed by atoms with Gasteiger partial charge >= 0.3 is 5.97 Å². The molecule has 0 bridgehead atoms. The Kier molecular flexibility index (Phi) is 6.24. The Bertz CT molecular complexity index is 1010. The van der Waals surface area contributed by atoms with Gasteiger partial charge in [-0.2, -0.15) is 0 Å². The average molecular weight is 395 g/mol. The van der Waals surface area contributed by atoms with Gasteiger partial charge in [0, 0.05) is 23.5 Å². The highest BCUT2D eigenvalue weighted by molar-refractivity contribution is 5.99. The number of ketones is 1. The van der Waals surface area contributed by atoms with Crippen LogP contribution in [0.2, 0.25) is 0 Å². The summed E-state index contributed by atoms with van der Waals surface area (Å²) >= 11 is 0. The van der Waals surface area contributed by atoms with Crippen LogP contribution in [0.4, 0.5) is 4.39 Å². The molecular formula is C23H22FNO4. The molecule has 6 heteroatoms. The van der Waals surface area contributed by atoms with E-state index in [0.717, 1.165) is 17.0 Å². The molecule has 0 amide bonds. The Morgan fingerprint density at radius 3 is 2.38 bits per heavy atom. The molecule has 0 spiro atoms. The molecular weight excluding hydrogens is 373 g/mol. The lowest BCUT2D eigenvalue weighted by atomic mass is 10.1. The summed E-state index contributed by atoms with van der Waals surface area (Å²) in [6.45, 7) is 3.73. The Balaban J connectivity index is 1.66. The summed E-state index contributed by atoms with van der Waals surface area (Å²) in [5.74, 6) is -1.52. The second-order valence-corrected chi connectivity index (χ2v) is 6.84. The van der Waals surface area contributed by atoms with Gasteiger partial charge < -0.3 is 14.4 Å². The predicted octanol–water partition coefficient (Wildman–Crippen LogP) is 3.75. The first kappa shape index (κ1) is 20.5. The number of halogens is 1. The number of Topliss-reactive ketones (excluding diaryl/α,β-unsaturated/α-hetero) is 1. The molecule has 1 heterocycles. The van der Waals surface area contributed by atoms with Gasteiger partial charge in [-0.15, -0.1) is 0 Å². The molecule has 3 rings (SSSR count). The van der Waals surface area contributed by atoms with E-state index in [1.54, 1.807) is 48.5 Å². The highest BCUT2D eigenvalue weighted by atomic mass is 19.1. The summed E-state index contributed by atoms with van der Waals surface area (Å²) in [5, 5.41) is 10.0. The highest BCUT2D eigenvalue weighted by Gasteiger charge is 2.22. The average Bonchev–Trinajstić information content (AvgIpc) is 3.01. The number of benzene rings is 2. The number of hydrogen-bond acceptors (Lipinski definition) is 4. The third kappa shape index (κ3) is 4.78. The van der Waals surface area contributed by atoms with Crippen LogP contribution in [0.25, 0.3) is 0 Å². The molecule has 1 N–H and O–H groups in total. The second-order valence-electron chi connectivity index (χ2n) is 6.84. The molecule has 2 aromatic carbocycles. The lowest BCUT2D eigenvalue weighted by Gasteiger charge is -2.11. The van der Waals surface area contributed by atoms with Gasteiger partial charge in [0.15, 0.2) is 12.7 Å². The van der Waals surface area contributed by atoms with Crippen molar-refractivity contribution in [3.05, 3.63) is 94.6 Å². The summed E-state index contributed by atoms with van der Waals surface area (Å²) < 4.78 is 20.1. The van der Waals surface area contributed by atoms with Gasteiger partial charge in [0.05, 0.1) is 0 Å². The van der Waals surface area contributed by atoms with Crippen molar-refractivity contribution in [2.75, 3.05) is 6.61 Å². The Morgan fingerprint density at radius 1 is 1.07 bits per heavy atom. The van der Waals surface area contributed by atoms with Crippen LogP contribution in [0.15, 0.2) is 60.7 Å². The lowest BCUT2D eigenvalue weighted by Crippen LogP contribution is -2.20. The molecule has 1 atom stereocenters. The van der Waals surface area contributed by atoms with Crippen LogP contribution in [0, 0.1) is 19.7 Å². The number of aromatic nitrogens is 1. The molecule has 0 aliphatic rings. The molecule has 29 heavy (non-hydrogen) atoms. The number of ether oxygens (including phenoxy) is 1. The maximum atomic E-state index is 13.1. The molecule has 0 saturated carbocycles. The SMILES string of the molecule is Cc1cc(C(=O)COC(=O)[C@H](O)c2ccccc2)c(C)n1Cc1ccc(F)cc1. The minimum atomic E-state index is -1.44. The van der Waals surface area contributed by atoms with E-state index >= 15 is 0 Å². The van der Waals surface area contributed by atoms with Crippen LogP contribution in [-0.2, 0) is 16.1 Å². The molecule has 3 aromatic rings. The van der Waals surface area contributed by atoms with Crippen LogP contribution >= 0.6 is 0 Å². The number of nitrogens with zero attached hydrogens (tertiary/aromatic N) is 1. The van der Waals surface area contributed by atoms with Crippen molar-refractivity contribution in [3.8, 4) is 0 Å². The monoisotopic (exact) mass is 395 g/mol. The van der Waals surface area contributed by atoms with Gasteiger partial charge in [-0.05, 0) is 43.2 Å².